The van der Waals surface area contributed by atoms with E-state index in [0.717, 1.165) is 5.56 Å². The second-order valence-electron chi connectivity index (χ2n) is 6.67. The highest BCUT2D eigenvalue weighted by Gasteiger charge is 2.42. The number of carbonyl (C=O) groups is 1. The minimum atomic E-state index is -3.78. The monoisotopic (exact) mass is 389 g/mol. The Morgan fingerprint density at radius 2 is 1.85 bits per heavy atom. The summed E-state index contributed by atoms with van der Waals surface area (Å²) in [5.74, 6) is -0.510. The van der Waals surface area contributed by atoms with E-state index in [-0.39, 0.29) is 30.9 Å². The predicted octanol–water partition coefficient (Wildman–Crippen LogP) is 2.73. The van der Waals surface area contributed by atoms with Gasteiger partial charge in [0, 0.05) is 12.1 Å². The maximum Gasteiger partial charge on any atom is 0.309 e. The highest BCUT2D eigenvalue weighted by molar-refractivity contribution is 7.92. The lowest BCUT2D eigenvalue weighted by atomic mass is 9.83. The fourth-order valence-electron chi connectivity index (χ4n) is 3.35. The van der Waals surface area contributed by atoms with Gasteiger partial charge in [-0.05, 0) is 38.5 Å². The molecule has 0 amide bonds. The van der Waals surface area contributed by atoms with Crippen LogP contribution in [0.3, 0.4) is 0 Å². The number of hydrogen-bond acceptors (Lipinski definition) is 5. The molecule has 7 heteroatoms. The van der Waals surface area contributed by atoms with Crippen LogP contribution in [0.2, 0.25) is 0 Å². The average molecular weight is 389 g/mol. The molecule has 1 aliphatic rings. The van der Waals surface area contributed by atoms with Crippen molar-refractivity contribution in [2.75, 3.05) is 17.5 Å². The molecule has 1 aliphatic heterocycles. The molecule has 0 radical (unpaired) electrons. The molecule has 0 spiro atoms. The smallest absolute Gasteiger partial charge is 0.309 e. The minimum Gasteiger partial charge on any atom is -0.466 e. The topological polar surface area (TPSA) is 83.9 Å². The summed E-state index contributed by atoms with van der Waals surface area (Å²) in [6, 6.07) is 13.4. The molecule has 1 heterocycles. The molecule has 0 saturated heterocycles. The third kappa shape index (κ3) is 3.70. The summed E-state index contributed by atoms with van der Waals surface area (Å²) < 4.78 is 32.6. The van der Waals surface area contributed by atoms with Gasteiger partial charge in [0.25, 0.3) is 10.0 Å². The van der Waals surface area contributed by atoms with E-state index in [2.05, 4.69) is 0 Å². The van der Waals surface area contributed by atoms with Crippen molar-refractivity contribution in [2.45, 2.75) is 37.2 Å². The fraction of sp³-hybridized carbons (Fsp3) is 0.350. The SMILES string of the molecule is CCOC(=O)CC1(O)CCN(S(=O)(=O)c2ccc(C)cc2)c2ccccc21. The van der Waals surface area contributed by atoms with Crippen LogP contribution in [0.15, 0.2) is 53.4 Å². The summed E-state index contributed by atoms with van der Waals surface area (Å²) in [7, 11) is -3.78. The van der Waals surface area contributed by atoms with Gasteiger partial charge in [0.1, 0.15) is 5.60 Å². The molecule has 1 N–H and O–H groups in total. The van der Waals surface area contributed by atoms with Crippen LogP contribution in [0, 0.1) is 6.92 Å². The average Bonchev–Trinajstić information content (AvgIpc) is 2.62. The normalized spacial score (nSPS) is 19.4. The minimum absolute atomic E-state index is 0.0725. The number of aryl methyl sites for hydroxylation is 1. The molecule has 0 aliphatic carbocycles. The lowest BCUT2D eigenvalue weighted by Crippen LogP contribution is -2.44. The molecule has 2 aromatic rings. The Labute approximate surface area is 159 Å². The van der Waals surface area contributed by atoms with Crippen LogP contribution in [0.25, 0.3) is 0 Å². The summed E-state index contributed by atoms with van der Waals surface area (Å²) in [4.78, 5) is 12.1. The van der Waals surface area contributed by atoms with E-state index in [4.69, 9.17) is 4.74 Å². The van der Waals surface area contributed by atoms with Gasteiger partial charge in [-0.2, -0.15) is 0 Å². The van der Waals surface area contributed by atoms with Crippen LogP contribution in [-0.2, 0) is 25.2 Å². The molecule has 1 unspecified atom stereocenters. The largest absolute Gasteiger partial charge is 0.466 e. The number of nitrogens with zero attached hydrogens (tertiary/aromatic N) is 1. The van der Waals surface area contributed by atoms with E-state index in [0.29, 0.717) is 11.3 Å². The summed E-state index contributed by atoms with van der Waals surface area (Å²) >= 11 is 0. The number of hydrogen-bond donors (Lipinski definition) is 1. The molecule has 6 nitrogen and oxygen atoms in total. The van der Waals surface area contributed by atoms with Crippen molar-refractivity contribution in [1.82, 2.24) is 0 Å². The molecule has 0 aromatic heterocycles. The first kappa shape index (κ1) is 19.4. The summed E-state index contributed by atoms with van der Waals surface area (Å²) in [6.45, 7) is 3.89. The Morgan fingerprint density at radius 1 is 1.19 bits per heavy atom. The molecule has 144 valence electrons. The van der Waals surface area contributed by atoms with Gasteiger partial charge in [0.05, 0.1) is 23.6 Å². The van der Waals surface area contributed by atoms with E-state index >= 15 is 0 Å². The van der Waals surface area contributed by atoms with Crippen molar-refractivity contribution in [3.8, 4) is 0 Å². The second-order valence-corrected chi connectivity index (χ2v) is 8.53. The number of anilines is 1. The van der Waals surface area contributed by atoms with Crippen molar-refractivity contribution in [3.63, 3.8) is 0 Å². The first-order valence-corrected chi connectivity index (χ1v) is 10.3. The number of carbonyl (C=O) groups excluding carboxylic acids is 1. The number of aliphatic hydroxyl groups is 1. The van der Waals surface area contributed by atoms with Crippen molar-refractivity contribution in [3.05, 3.63) is 59.7 Å². The van der Waals surface area contributed by atoms with Crippen LogP contribution < -0.4 is 4.31 Å². The van der Waals surface area contributed by atoms with Crippen LogP contribution in [0.1, 0.15) is 30.9 Å². The number of rotatable bonds is 5. The first-order chi connectivity index (χ1) is 12.8. The number of sulfonamides is 1. The lowest BCUT2D eigenvalue weighted by Gasteiger charge is -2.39. The molecule has 3 rings (SSSR count). The van der Waals surface area contributed by atoms with Crippen LogP contribution in [-0.4, -0.2) is 32.6 Å². The van der Waals surface area contributed by atoms with Gasteiger partial charge in [0.2, 0.25) is 0 Å². The number of para-hydroxylation sites is 1. The second kappa shape index (κ2) is 7.32. The summed E-state index contributed by atoms with van der Waals surface area (Å²) in [6.07, 6.45) is -0.107. The van der Waals surface area contributed by atoms with Crippen molar-refractivity contribution >= 4 is 21.7 Å². The lowest BCUT2D eigenvalue weighted by molar-refractivity contribution is -0.149. The van der Waals surface area contributed by atoms with Gasteiger partial charge < -0.3 is 9.84 Å². The Balaban J connectivity index is 2.01. The van der Waals surface area contributed by atoms with Crippen LogP contribution >= 0.6 is 0 Å². The Kier molecular flexibility index (Phi) is 5.26. The highest BCUT2D eigenvalue weighted by atomic mass is 32.2. The zero-order valence-corrected chi connectivity index (χ0v) is 16.2. The molecular formula is C20H23NO5S. The van der Waals surface area contributed by atoms with Gasteiger partial charge in [-0.15, -0.1) is 0 Å². The third-order valence-corrected chi connectivity index (χ3v) is 6.58. The van der Waals surface area contributed by atoms with Gasteiger partial charge in [-0.1, -0.05) is 35.9 Å². The van der Waals surface area contributed by atoms with Crippen LogP contribution in [0.5, 0.6) is 0 Å². The predicted molar refractivity (Wildman–Crippen MR) is 102 cm³/mol. The van der Waals surface area contributed by atoms with E-state index in [9.17, 15) is 18.3 Å². The quantitative estimate of drug-likeness (QED) is 0.795. The molecule has 0 fully saturated rings. The maximum absolute atomic E-state index is 13.1. The molecule has 0 bridgehead atoms. The molecular weight excluding hydrogens is 366 g/mol. The van der Waals surface area contributed by atoms with Crippen molar-refractivity contribution < 1.29 is 23.1 Å². The molecule has 1 atom stereocenters. The van der Waals surface area contributed by atoms with Crippen molar-refractivity contribution in [2.24, 2.45) is 0 Å². The molecule has 27 heavy (non-hydrogen) atoms. The van der Waals surface area contributed by atoms with Gasteiger partial charge in [-0.25, -0.2) is 8.42 Å². The number of esters is 1. The van der Waals surface area contributed by atoms with E-state index in [1.165, 1.54) is 4.31 Å². The van der Waals surface area contributed by atoms with Crippen LogP contribution in [0.4, 0.5) is 5.69 Å². The van der Waals surface area contributed by atoms with E-state index in [1.54, 1.807) is 55.5 Å². The van der Waals surface area contributed by atoms with E-state index in [1.807, 2.05) is 6.92 Å². The third-order valence-electron chi connectivity index (χ3n) is 4.75. The number of benzene rings is 2. The van der Waals surface area contributed by atoms with Gasteiger partial charge in [0.15, 0.2) is 0 Å². The summed E-state index contributed by atoms with van der Waals surface area (Å²) in [5.41, 5.74) is 0.315. The highest BCUT2D eigenvalue weighted by Crippen LogP contribution is 2.42. The maximum atomic E-state index is 13.1. The first-order valence-electron chi connectivity index (χ1n) is 8.85. The van der Waals surface area contributed by atoms with Gasteiger partial charge in [-0.3, -0.25) is 9.10 Å². The van der Waals surface area contributed by atoms with Gasteiger partial charge >= 0.3 is 5.97 Å². The Hall–Kier alpha value is -2.38. The zero-order valence-electron chi connectivity index (χ0n) is 15.4. The Bertz CT molecular complexity index is 939. The number of fused-ring (bicyclic) bond motifs is 1. The summed E-state index contributed by atoms with van der Waals surface area (Å²) in [5, 5.41) is 11.1. The zero-order chi connectivity index (χ0) is 19.7. The number of ether oxygens (including phenoxy) is 1. The molecule has 2 aromatic carbocycles. The molecule has 0 saturated carbocycles. The fourth-order valence-corrected chi connectivity index (χ4v) is 4.83. The van der Waals surface area contributed by atoms with E-state index < -0.39 is 21.6 Å². The Morgan fingerprint density at radius 3 is 2.52 bits per heavy atom. The van der Waals surface area contributed by atoms with Crippen molar-refractivity contribution in [1.29, 1.82) is 0 Å². The standard InChI is InChI=1S/C20H23NO5S/c1-3-26-19(22)14-20(23)12-13-21(18-7-5-4-6-17(18)20)27(24,25)16-10-8-15(2)9-11-16/h4-11,23H,3,12-14H2,1-2H3.